The molecule has 0 spiro atoms. The molecule has 0 bridgehead atoms. The van der Waals surface area contributed by atoms with Crippen molar-refractivity contribution in [1.29, 1.82) is 0 Å². The highest BCUT2D eigenvalue weighted by Crippen LogP contribution is 2.40. The SMILES string of the molecule is C#Cc1ccccc1C#C[Si](C(C)C)(C(C)C)C(C)C. The van der Waals surface area contributed by atoms with Gasteiger partial charge in [0.15, 0.2) is 0 Å². The van der Waals surface area contributed by atoms with Crippen LogP contribution in [0.1, 0.15) is 52.7 Å². The van der Waals surface area contributed by atoms with E-state index in [4.69, 9.17) is 6.42 Å². The molecule has 0 fully saturated rings. The molecule has 0 saturated heterocycles. The Hall–Kier alpha value is -1.44. The minimum Gasteiger partial charge on any atom is -0.125 e. The molecule has 0 radical (unpaired) electrons. The Morgan fingerprint density at radius 1 is 0.850 bits per heavy atom. The zero-order valence-corrected chi connectivity index (χ0v) is 14.6. The summed E-state index contributed by atoms with van der Waals surface area (Å²) in [5.41, 5.74) is 7.55. The molecule has 1 aromatic carbocycles. The predicted molar refractivity (Wildman–Crippen MR) is 92.3 cm³/mol. The zero-order chi connectivity index (χ0) is 15.3. The molecule has 0 aromatic heterocycles. The van der Waals surface area contributed by atoms with Gasteiger partial charge < -0.3 is 0 Å². The summed E-state index contributed by atoms with van der Waals surface area (Å²) in [7, 11) is -1.68. The Labute approximate surface area is 126 Å². The molecule has 106 valence electrons. The lowest BCUT2D eigenvalue weighted by molar-refractivity contribution is 0.838. The first-order chi connectivity index (χ1) is 9.36. The Morgan fingerprint density at radius 2 is 1.30 bits per heavy atom. The van der Waals surface area contributed by atoms with Crippen molar-refractivity contribution in [1.82, 2.24) is 0 Å². The standard InChI is InChI=1S/C19H26Si/c1-8-18-11-9-10-12-19(18)13-14-20(15(2)3,16(4)5)17(6)7/h1,9-12,15-17H,2-7H3. The first-order valence-electron chi connectivity index (χ1n) is 7.45. The monoisotopic (exact) mass is 282 g/mol. The quantitative estimate of drug-likeness (QED) is 0.525. The Morgan fingerprint density at radius 3 is 1.70 bits per heavy atom. The van der Waals surface area contributed by atoms with E-state index < -0.39 is 8.07 Å². The molecule has 0 N–H and O–H groups in total. The van der Waals surface area contributed by atoms with Gasteiger partial charge in [-0.15, -0.1) is 12.0 Å². The van der Waals surface area contributed by atoms with Gasteiger partial charge in [-0.1, -0.05) is 65.5 Å². The molecular formula is C19H26Si. The zero-order valence-electron chi connectivity index (χ0n) is 13.6. The van der Waals surface area contributed by atoms with E-state index in [1.165, 1.54) is 0 Å². The first kappa shape index (κ1) is 16.6. The molecule has 1 heteroatoms. The Bertz CT molecular complexity index is 525. The smallest absolute Gasteiger partial charge is 0.125 e. The van der Waals surface area contributed by atoms with Gasteiger partial charge in [-0.05, 0) is 28.8 Å². The lowest BCUT2D eigenvalue weighted by Gasteiger charge is -2.38. The van der Waals surface area contributed by atoms with Crippen molar-refractivity contribution < 1.29 is 0 Å². The van der Waals surface area contributed by atoms with Gasteiger partial charge in [0.1, 0.15) is 8.07 Å². The number of benzene rings is 1. The van der Waals surface area contributed by atoms with Gasteiger partial charge in [0.25, 0.3) is 0 Å². The molecule has 0 aliphatic rings. The van der Waals surface area contributed by atoms with Gasteiger partial charge in [0.05, 0.1) is 0 Å². The average Bonchev–Trinajstić information content (AvgIpc) is 2.38. The normalized spacial score (nSPS) is 11.4. The van der Waals surface area contributed by atoms with Crippen LogP contribution in [0, 0.1) is 23.8 Å². The van der Waals surface area contributed by atoms with E-state index in [0.29, 0.717) is 16.6 Å². The van der Waals surface area contributed by atoms with Gasteiger partial charge in [-0.25, -0.2) is 0 Å². The maximum atomic E-state index is 5.56. The highest BCUT2D eigenvalue weighted by Gasteiger charge is 2.41. The third-order valence-corrected chi connectivity index (χ3v) is 10.7. The van der Waals surface area contributed by atoms with Crippen LogP contribution >= 0.6 is 0 Å². The van der Waals surface area contributed by atoms with E-state index in [9.17, 15) is 0 Å². The predicted octanol–water partition coefficient (Wildman–Crippen LogP) is 5.24. The van der Waals surface area contributed by atoms with E-state index in [-0.39, 0.29) is 0 Å². The first-order valence-corrected chi connectivity index (χ1v) is 9.68. The highest BCUT2D eigenvalue weighted by atomic mass is 28.3. The molecule has 1 rings (SSSR count). The number of hydrogen-bond acceptors (Lipinski definition) is 0. The summed E-state index contributed by atoms with van der Waals surface area (Å²) in [6.45, 7) is 14.0. The number of terminal acetylenes is 1. The largest absolute Gasteiger partial charge is 0.146 e. The maximum Gasteiger partial charge on any atom is 0.146 e. The fourth-order valence-electron chi connectivity index (χ4n) is 3.33. The second-order valence-corrected chi connectivity index (χ2v) is 11.9. The third kappa shape index (κ3) is 3.17. The second kappa shape index (κ2) is 6.82. The minimum atomic E-state index is -1.68. The van der Waals surface area contributed by atoms with Crippen LogP contribution in [0.2, 0.25) is 16.6 Å². The van der Waals surface area contributed by atoms with Crippen LogP contribution in [0.3, 0.4) is 0 Å². The summed E-state index contributed by atoms with van der Waals surface area (Å²) in [6.07, 6.45) is 5.56. The summed E-state index contributed by atoms with van der Waals surface area (Å²) in [5.74, 6) is 6.15. The Balaban J connectivity index is 3.35. The van der Waals surface area contributed by atoms with Crippen LogP contribution in [0.25, 0.3) is 0 Å². The fraction of sp³-hybridized carbons (Fsp3) is 0.474. The van der Waals surface area contributed by atoms with Crippen LogP contribution in [0.5, 0.6) is 0 Å². The molecule has 0 nitrogen and oxygen atoms in total. The maximum absolute atomic E-state index is 5.56. The van der Waals surface area contributed by atoms with E-state index in [2.05, 4.69) is 58.9 Å². The molecule has 0 saturated carbocycles. The average molecular weight is 283 g/mol. The van der Waals surface area contributed by atoms with E-state index in [0.717, 1.165) is 11.1 Å². The topological polar surface area (TPSA) is 0 Å². The summed E-state index contributed by atoms with van der Waals surface area (Å²) in [4.78, 5) is 0. The van der Waals surface area contributed by atoms with Crippen molar-refractivity contribution in [3.8, 4) is 23.8 Å². The lowest BCUT2D eigenvalue weighted by Crippen LogP contribution is -2.43. The van der Waals surface area contributed by atoms with Crippen molar-refractivity contribution in [2.24, 2.45) is 0 Å². The highest BCUT2D eigenvalue weighted by molar-refractivity contribution is 6.90. The molecule has 0 unspecified atom stereocenters. The molecule has 1 aromatic rings. The lowest BCUT2D eigenvalue weighted by atomic mass is 10.1. The van der Waals surface area contributed by atoms with Crippen molar-refractivity contribution in [2.75, 3.05) is 0 Å². The summed E-state index contributed by atoms with van der Waals surface area (Å²) < 4.78 is 0. The third-order valence-electron chi connectivity index (χ3n) is 4.36. The van der Waals surface area contributed by atoms with Gasteiger partial charge in [-0.3, -0.25) is 0 Å². The van der Waals surface area contributed by atoms with Crippen molar-refractivity contribution in [2.45, 2.75) is 58.2 Å². The second-order valence-electron chi connectivity index (χ2n) is 6.34. The summed E-state index contributed by atoms with van der Waals surface area (Å²) >= 11 is 0. The molecule has 20 heavy (non-hydrogen) atoms. The molecule has 0 aliphatic heterocycles. The van der Waals surface area contributed by atoms with Gasteiger partial charge in [0.2, 0.25) is 0 Å². The molecule has 0 atom stereocenters. The van der Waals surface area contributed by atoms with Crippen LogP contribution < -0.4 is 0 Å². The van der Waals surface area contributed by atoms with Gasteiger partial charge in [0, 0.05) is 11.1 Å². The van der Waals surface area contributed by atoms with Crippen LogP contribution in [0.4, 0.5) is 0 Å². The summed E-state index contributed by atoms with van der Waals surface area (Å²) in [6, 6.07) is 7.97. The van der Waals surface area contributed by atoms with Gasteiger partial charge >= 0.3 is 0 Å². The van der Waals surface area contributed by atoms with E-state index >= 15 is 0 Å². The number of rotatable bonds is 3. The van der Waals surface area contributed by atoms with E-state index in [1.54, 1.807) is 0 Å². The van der Waals surface area contributed by atoms with Crippen molar-refractivity contribution in [3.63, 3.8) is 0 Å². The van der Waals surface area contributed by atoms with Gasteiger partial charge in [-0.2, -0.15) is 0 Å². The molecule has 0 heterocycles. The molecule has 0 amide bonds. The Kier molecular flexibility index (Phi) is 5.67. The van der Waals surface area contributed by atoms with Crippen molar-refractivity contribution in [3.05, 3.63) is 35.4 Å². The summed E-state index contributed by atoms with van der Waals surface area (Å²) in [5, 5.41) is 0. The fourth-order valence-corrected chi connectivity index (χ4v) is 8.54. The van der Waals surface area contributed by atoms with Crippen LogP contribution in [-0.2, 0) is 0 Å². The number of hydrogen-bond donors (Lipinski definition) is 0. The van der Waals surface area contributed by atoms with E-state index in [1.807, 2.05) is 24.3 Å². The van der Waals surface area contributed by atoms with Crippen molar-refractivity contribution >= 4 is 8.07 Å². The van der Waals surface area contributed by atoms with Crippen LogP contribution in [0.15, 0.2) is 24.3 Å². The molecular weight excluding hydrogens is 256 g/mol. The van der Waals surface area contributed by atoms with Crippen LogP contribution in [-0.4, -0.2) is 8.07 Å². The molecule has 0 aliphatic carbocycles. The minimum absolute atomic E-state index is 0.646.